The Balaban J connectivity index is 0. The van der Waals surface area contributed by atoms with Crippen LogP contribution in [0, 0.1) is 0 Å². The quantitative estimate of drug-likeness (QED) is 0.402. The number of unbranched alkanes of at least 4 members (excludes halogenated alkanes) is 2. The molecule has 124 valence electrons. The zero-order valence-electron chi connectivity index (χ0n) is 11.8. The fourth-order valence-corrected chi connectivity index (χ4v) is 1.69. The summed E-state index contributed by atoms with van der Waals surface area (Å²) in [6.07, 6.45) is 4.22. The molecule has 0 aromatic heterocycles. The normalized spacial score (nSPS) is 11.8. The molecule has 0 aliphatic rings. The van der Waals surface area contributed by atoms with Crippen LogP contribution in [0.2, 0.25) is 0 Å². The third-order valence-corrected chi connectivity index (χ3v) is 2.89. The minimum absolute atomic E-state index is 0.0476. The predicted octanol–water partition coefficient (Wildman–Crippen LogP) is -0.530. The Hall–Kier alpha value is -0.260. The molecule has 2 N–H and O–H groups in total. The standard InChI is InChI=1S/C6H14O6S2.C4H10O2/c1-13(7,8)11-5-3-4-6-12-14(2,9)10;5-3-1-2-4-6/h3-6H2,1-2H3;5-6H,1-4H2. The van der Waals surface area contributed by atoms with Gasteiger partial charge in [0, 0.05) is 13.2 Å². The van der Waals surface area contributed by atoms with E-state index in [0.717, 1.165) is 25.4 Å². The average molecular weight is 336 g/mol. The van der Waals surface area contributed by atoms with Crippen LogP contribution in [0.3, 0.4) is 0 Å². The molecule has 0 amide bonds. The second-order valence-corrected chi connectivity index (χ2v) is 7.20. The lowest BCUT2D eigenvalue weighted by molar-refractivity contribution is 0.242. The van der Waals surface area contributed by atoms with Crippen LogP contribution >= 0.6 is 0 Å². The number of aliphatic hydroxyl groups excluding tert-OH is 2. The van der Waals surface area contributed by atoms with Crippen molar-refractivity contribution in [2.45, 2.75) is 25.7 Å². The van der Waals surface area contributed by atoms with E-state index in [1.54, 1.807) is 0 Å². The number of aliphatic hydroxyl groups is 2. The largest absolute Gasteiger partial charge is 0.396 e. The summed E-state index contributed by atoms with van der Waals surface area (Å²) in [6, 6.07) is 0. The lowest BCUT2D eigenvalue weighted by Crippen LogP contribution is -2.07. The van der Waals surface area contributed by atoms with Crippen molar-refractivity contribution in [2.24, 2.45) is 0 Å². The number of rotatable bonds is 10. The molecular formula is C10H24O8S2. The van der Waals surface area contributed by atoms with Gasteiger partial charge in [-0.15, -0.1) is 0 Å². The highest BCUT2D eigenvalue weighted by Crippen LogP contribution is 1.96. The first-order valence-corrected chi connectivity index (χ1v) is 9.66. The molecule has 0 radical (unpaired) electrons. The van der Waals surface area contributed by atoms with E-state index < -0.39 is 20.2 Å². The van der Waals surface area contributed by atoms with Crippen molar-refractivity contribution in [2.75, 3.05) is 38.9 Å². The van der Waals surface area contributed by atoms with E-state index in [-0.39, 0.29) is 26.4 Å². The van der Waals surface area contributed by atoms with Crippen molar-refractivity contribution in [1.82, 2.24) is 0 Å². The highest BCUT2D eigenvalue weighted by Gasteiger charge is 2.02. The Morgan fingerprint density at radius 2 is 1.00 bits per heavy atom. The summed E-state index contributed by atoms with van der Waals surface area (Å²) in [7, 11) is -6.80. The van der Waals surface area contributed by atoms with Crippen LogP contribution in [0.25, 0.3) is 0 Å². The molecule has 10 heteroatoms. The van der Waals surface area contributed by atoms with E-state index in [4.69, 9.17) is 10.2 Å². The molecule has 0 atom stereocenters. The first kappa shape index (κ1) is 22.0. The fraction of sp³-hybridized carbons (Fsp3) is 1.00. The van der Waals surface area contributed by atoms with Gasteiger partial charge in [-0.05, 0) is 25.7 Å². The maximum atomic E-state index is 10.5. The van der Waals surface area contributed by atoms with Gasteiger partial charge in [0.1, 0.15) is 0 Å². The Bertz CT molecular complexity index is 361. The lowest BCUT2D eigenvalue weighted by Gasteiger charge is -2.01. The van der Waals surface area contributed by atoms with Gasteiger partial charge >= 0.3 is 0 Å². The van der Waals surface area contributed by atoms with Crippen molar-refractivity contribution in [3.8, 4) is 0 Å². The first-order valence-electron chi connectivity index (χ1n) is 6.03. The van der Waals surface area contributed by atoms with Crippen LogP contribution in [0.1, 0.15) is 25.7 Å². The lowest BCUT2D eigenvalue weighted by atomic mass is 10.3. The SMILES string of the molecule is CS(=O)(=O)OCCCCOS(C)(=O)=O.OCCCCO. The minimum Gasteiger partial charge on any atom is -0.396 e. The van der Waals surface area contributed by atoms with Crippen molar-refractivity contribution in [3.05, 3.63) is 0 Å². The molecule has 0 spiro atoms. The van der Waals surface area contributed by atoms with E-state index >= 15 is 0 Å². The molecule has 0 rings (SSSR count). The molecule has 0 unspecified atom stereocenters. The van der Waals surface area contributed by atoms with Crippen molar-refractivity contribution < 1.29 is 35.4 Å². The van der Waals surface area contributed by atoms with Gasteiger partial charge in [-0.2, -0.15) is 16.8 Å². The zero-order chi connectivity index (χ0) is 16.1. The monoisotopic (exact) mass is 336 g/mol. The molecule has 0 aliphatic carbocycles. The van der Waals surface area contributed by atoms with Crippen LogP contribution in [-0.4, -0.2) is 66.0 Å². The second-order valence-electron chi connectivity index (χ2n) is 3.91. The van der Waals surface area contributed by atoms with Gasteiger partial charge in [0.15, 0.2) is 0 Å². The number of hydrogen-bond acceptors (Lipinski definition) is 8. The molecule has 0 aliphatic heterocycles. The molecule has 20 heavy (non-hydrogen) atoms. The summed E-state index contributed by atoms with van der Waals surface area (Å²) in [6.45, 7) is 0.485. The highest BCUT2D eigenvalue weighted by molar-refractivity contribution is 7.86. The molecule has 0 fully saturated rings. The summed E-state index contributed by atoms with van der Waals surface area (Å²) >= 11 is 0. The number of hydrogen-bond donors (Lipinski definition) is 2. The molecule has 0 heterocycles. The smallest absolute Gasteiger partial charge is 0.264 e. The third kappa shape index (κ3) is 26.3. The summed E-state index contributed by atoms with van der Waals surface area (Å²) in [5.41, 5.74) is 0. The van der Waals surface area contributed by atoms with E-state index in [9.17, 15) is 16.8 Å². The predicted molar refractivity (Wildman–Crippen MR) is 74.2 cm³/mol. The second kappa shape index (κ2) is 12.5. The zero-order valence-corrected chi connectivity index (χ0v) is 13.5. The summed E-state index contributed by atoms with van der Waals surface area (Å²) in [5, 5.41) is 16.2. The van der Waals surface area contributed by atoms with E-state index in [0.29, 0.717) is 12.8 Å². The fourth-order valence-electron chi connectivity index (χ4n) is 0.848. The van der Waals surface area contributed by atoms with E-state index in [2.05, 4.69) is 8.37 Å². The molecule has 0 bridgehead atoms. The molecule has 0 aromatic rings. The topological polar surface area (TPSA) is 127 Å². The Morgan fingerprint density at radius 1 is 0.700 bits per heavy atom. The molecule has 0 saturated heterocycles. The van der Waals surface area contributed by atoms with Crippen molar-refractivity contribution in [3.63, 3.8) is 0 Å². The average Bonchev–Trinajstić information content (AvgIpc) is 2.29. The van der Waals surface area contributed by atoms with Crippen LogP contribution < -0.4 is 0 Å². The Kier molecular flexibility index (Phi) is 13.7. The van der Waals surface area contributed by atoms with Gasteiger partial charge in [-0.3, -0.25) is 8.37 Å². The Labute approximate surface area is 121 Å². The molecular weight excluding hydrogens is 312 g/mol. The van der Waals surface area contributed by atoms with Gasteiger partial charge in [0.05, 0.1) is 25.7 Å². The Morgan fingerprint density at radius 3 is 1.20 bits per heavy atom. The molecule has 8 nitrogen and oxygen atoms in total. The van der Waals surface area contributed by atoms with Crippen molar-refractivity contribution in [1.29, 1.82) is 0 Å². The van der Waals surface area contributed by atoms with E-state index in [1.165, 1.54) is 0 Å². The van der Waals surface area contributed by atoms with E-state index in [1.807, 2.05) is 0 Å². The van der Waals surface area contributed by atoms with Crippen LogP contribution in [0.4, 0.5) is 0 Å². The van der Waals surface area contributed by atoms with Crippen LogP contribution in [-0.2, 0) is 28.6 Å². The van der Waals surface area contributed by atoms with Gasteiger partial charge in [-0.1, -0.05) is 0 Å². The highest BCUT2D eigenvalue weighted by atomic mass is 32.2. The van der Waals surface area contributed by atoms with Gasteiger partial charge < -0.3 is 10.2 Å². The molecule has 0 aromatic carbocycles. The van der Waals surface area contributed by atoms with Crippen LogP contribution in [0.15, 0.2) is 0 Å². The summed E-state index contributed by atoms with van der Waals surface area (Å²) in [4.78, 5) is 0. The summed E-state index contributed by atoms with van der Waals surface area (Å²) < 4.78 is 50.8. The maximum Gasteiger partial charge on any atom is 0.264 e. The van der Waals surface area contributed by atoms with Crippen molar-refractivity contribution >= 4 is 20.2 Å². The van der Waals surface area contributed by atoms with Gasteiger partial charge in [0.2, 0.25) is 0 Å². The van der Waals surface area contributed by atoms with Crippen LogP contribution in [0.5, 0.6) is 0 Å². The van der Waals surface area contributed by atoms with Gasteiger partial charge in [0.25, 0.3) is 20.2 Å². The maximum absolute atomic E-state index is 10.5. The summed E-state index contributed by atoms with van der Waals surface area (Å²) in [5.74, 6) is 0. The minimum atomic E-state index is -3.40. The van der Waals surface area contributed by atoms with Gasteiger partial charge in [-0.25, -0.2) is 0 Å². The third-order valence-electron chi connectivity index (χ3n) is 1.70. The molecule has 0 saturated carbocycles. The first-order chi connectivity index (χ1) is 9.12.